The summed E-state index contributed by atoms with van der Waals surface area (Å²) in [5.41, 5.74) is 8.59. The van der Waals surface area contributed by atoms with E-state index in [4.69, 9.17) is 4.98 Å². The molecule has 0 aliphatic heterocycles. The third-order valence-electron chi connectivity index (χ3n) is 8.48. The summed E-state index contributed by atoms with van der Waals surface area (Å²) in [6, 6.07) is 25.5. The lowest BCUT2D eigenvalue weighted by atomic mass is 9.62. The van der Waals surface area contributed by atoms with Gasteiger partial charge in [-0.25, -0.2) is 4.98 Å². The van der Waals surface area contributed by atoms with Crippen molar-refractivity contribution in [3.05, 3.63) is 109 Å². The van der Waals surface area contributed by atoms with Crippen molar-refractivity contribution in [1.82, 2.24) is 4.98 Å². The van der Waals surface area contributed by atoms with Gasteiger partial charge >= 0.3 is 0 Å². The smallest absolute Gasteiger partial charge is 0.0709 e. The molecule has 184 valence electrons. The van der Waals surface area contributed by atoms with Gasteiger partial charge in [-0.2, -0.15) is 0 Å². The van der Waals surface area contributed by atoms with E-state index in [9.17, 15) is 0 Å². The minimum atomic E-state index is 0.635. The van der Waals surface area contributed by atoms with Crippen LogP contribution in [0.25, 0.3) is 28.0 Å². The van der Waals surface area contributed by atoms with Crippen LogP contribution in [0.3, 0.4) is 0 Å². The summed E-state index contributed by atoms with van der Waals surface area (Å²) in [4.78, 5) is 5.04. The molecular formula is C35H39N. The highest BCUT2D eigenvalue weighted by atomic mass is 14.7. The van der Waals surface area contributed by atoms with Gasteiger partial charge in [0.15, 0.2) is 0 Å². The summed E-state index contributed by atoms with van der Waals surface area (Å²) in [6.45, 7) is 6.58. The Hall–Kier alpha value is -3.19. The molecule has 0 unspecified atom stereocenters. The second kappa shape index (κ2) is 11.2. The molecule has 0 N–H and O–H groups in total. The van der Waals surface area contributed by atoms with E-state index in [0.717, 1.165) is 22.5 Å². The van der Waals surface area contributed by atoms with Crippen molar-refractivity contribution < 1.29 is 0 Å². The standard InChI is InChI=1S/C35H39N/c1-3-12-30(29-19-23-35(24-20-29)21-8-5-9-22-35)25-27(2)33-17-11-18-34(36-33)32-16-10-15-31(26-32)28-13-6-4-7-14-28/h3-4,6-7,10-18,25-26,29H,2,5,8-9,19-24H2,1H3/b12-3-,30-25+. The first-order valence-electron chi connectivity index (χ1n) is 13.8. The normalized spacial score (nSPS) is 18.5. The van der Waals surface area contributed by atoms with Crippen LogP contribution >= 0.6 is 0 Å². The van der Waals surface area contributed by atoms with Crippen molar-refractivity contribution in [2.24, 2.45) is 11.3 Å². The summed E-state index contributed by atoms with van der Waals surface area (Å²) in [6.07, 6.45) is 19.4. The number of hydrogen-bond donors (Lipinski definition) is 0. The highest BCUT2D eigenvalue weighted by Crippen LogP contribution is 2.50. The second-order valence-electron chi connectivity index (χ2n) is 10.9. The topological polar surface area (TPSA) is 12.9 Å². The molecule has 2 fully saturated rings. The molecule has 0 radical (unpaired) electrons. The average molecular weight is 474 g/mol. The molecule has 2 saturated carbocycles. The average Bonchev–Trinajstić information content (AvgIpc) is 2.94. The van der Waals surface area contributed by atoms with Crippen molar-refractivity contribution in [3.63, 3.8) is 0 Å². The maximum absolute atomic E-state index is 5.04. The van der Waals surface area contributed by atoms with Crippen LogP contribution in [0.1, 0.15) is 70.4 Å². The minimum Gasteiger partial charge on any atom is -0.248 e. The molecule has 1 heteroatoms. The molecule has 0 atom stereocenters. The van der Waals surface area contributed by atoms with Gasteiger partial charge in [0.25, 0.3) is 0 Å². The molecule has 2 aromatic carbocycles. The zero-order valence-electron chi connectivity index (χ0n) is 21.8. The SMILES string of the molecule is C=C(/C=C(\C=C/C)C1CCC2(CCCCC2)CC1)c1cccc(-c2cccc(-c3ccccc3)c2)n1. The van der Waals surface area contributed by atoms with Crippen LogP contribution in [0.15, 0.2) is 103 Å². The molecule has 1 aromatic heterocycles. The Kier molecular flexibility index (Phi) is 7.66. The number of aromatic nitrogens is 1. The third-order valence-corrected chi connectivity index (χ3v) is 8.48. The predicted octanol–water partition coefficient (Wildman–Crippen LogP) is 10.1. The highest BCUT2D eigenvalue weighted by molar-refractivity contribution is 5.75. The number of pyridine rings is 1. The van der Waals surface area contributed by atoms with E-state index in [1.54, 1.807) is 0 Å². The minimum absolute atomic E-state index is 0.635. The fourth-order valence-corrected chi connectivity index (χ4v) is 6.40. The Morgan fingerprint density at radius 2 is 1.50 bits per heavy atom. The first kappa shape index (κ1) is 24.5. The third kappa shape index (κ3) is 5.62. The lowest BCUT2D eigenvalue weighted by molar-refractivity contribution is 0.106. The quantitative estimate of drug-likeness (QED) is 0.324. The number of rotatable bonds is 6. The lowest BCUT2D eigenvalue weighted by Crippen LogP contribution is -2.30. The van der Waals surface area contributed by atoms with Gasteiger partial charge in [0, 0.05) is 5.56 Å². The first-order valence-corrected chi connectivity index (χ1v) is 13.8. The summed E-state index contributed by atoms with van der Waals surface area (Å²) in [5, 5.41) is 0. The van der Waals surface area contributed by atoms with E-state index in [0.29, 0.717) is 11.3 Å². The summed E-state index contributed by atoms with van der Waals surface area (Å²) in [5.74, 6) is 0.635. The molecule has 0 bridgehead atoms. The fourth-order valence-electron chi connectivity index (χ4n) is 6.40. The fraction of sp³-hybridized carbons (Fsp3) is 0.343. The largest absolute Gasteiger partial charge is 0.248 e. The Bertz CT molecular complexity index is 1230. The molecule has 1 nitrogen and oxygen atoms in total. The molecule has 1 heterocycles. The number of nitrogens with zero attached hydrogens (tertiary/aromatic N) is 1. The molecule has 36 heavy (non-hydrogen) atoms. The van der Waals surface area contributed by atoms with Gasteiger partial charge in [-0.1, -0.05) is 92.6 Å². The monoisotopic (exact) mass is 473 g/mol. The molecular weight excluding hydrogens is 434 g/mol. The molecule has 2 aliphatic rings. The number of allylic oxidation sites excluding steroid dienone is 5. The van der Waals surface area contributed by atoms with Gasteiger partial charge in [-0.15, -0.1) is 0 Å². The van der Waals surface area contributed by atoms with Crippen LogP contribution in [0.4, 0.5) is 0 Å². The van der Waals surface area contributed by atoms with Gasteiger partial charge in [-0.05, 0) is 103 Å². The summed E-state index contributed by atoms with van der Waals surface area (Å²) < 4.78 is 0. The van der Waals surface area contributed by atoms with Gasteiger partial charge in [-0.3, -0.25) is 0 Å². The van der Waals surface area contributed by atoms with Gasteiger partial charge in [0.2, 0.25) is 0 Å². The zero-order chi connectivity index (χ0) is 24.8. The van der Waals surface area contributed by atoms with E-state index in [1.807, 2.05) is 0 Å². The van der Waals surface area contributed by atoms with E-state index < -0.39 is 0 Å². The predicted molar refractivity (Wildman–Crippen MR) is 155 cm³/mol. The van der Waals surface area contributed by atoms with Crippen molar-refractivity contribution >= 4 is 5.57 Å². The van der Waals surface area contributed by atoms with Gasteiger partial charge in [0.1, 0.15) is 0 Å². The maximum Gasteiger partial charge on any atom is 0.0709 e. The molecule has 3 aromatic rings. The van der Waals surface area contributed by atoms with Crippen molar-refractivity contribution in [2.75, 3.05) is 0 Å². The van der Waals surface area contributed by atoms with Crippen LogP contribution in [0.5, 0.6) is 0 Å². The molecule has 0 amide bonds. The lowest BCUT2D eigenvalue weighted by Gasteiger charge is -2.43. The molecule has 2 aliphatic carbocycles. The summed E-state index contributed by atoms with van der Waals surface area (Å²) in [7, 11) is 0. The number of benzene rings is 2. The summed E-state index contributed by atoms with van der Waals surface area (Å²) >= 11 is 0. The van der Waals surface area contributed by atoms with Gasteiger partial charge in [0.05, 0.1) is 11.4 Å². The Labute approximate surface area is 217 Å². The maximum atomic E-state index is 5.04. The van der Waals surface area contributed by atoms with Crippen LogP contribution in [-0.4, -0.2) is 4.98 Å². The van der Waals surface area contributed by atoms with Crippen LogP contribution < -0.4 is 0 Å². The first-order chi connectivity index (χ1) is 17.7. The van der Waals surface area contributed by atoms with Crippen molar-refractivity contribution in [2.45, 2.75) is 64.7 Å². The van der Waals surface area contributed by atoms with Crippen LogP contribution in [0.2, 0.25) is 0 Å². The highest BCUT2D eigenvalue weighted by Gasteiger charge is 2.36. The van der Waals surface area contributed by atoms with Crippen LogP contribution in [0, 0.1) is 11.3 Å². The second-order valence-corrected chi connectivity index (χ2v) is 10.9. The zero-order valence-corrected chi connectivity index (χ0v) is 21.8. The van der Waals surface area contributed by atoms with Crippen LogP contribution in [-0.2, 0) is 0 Å². The van der Waals surface area contributed by atoms with E-state index in [-0.39, 0.29) is 0 Å². The Morgan fingerprint density at radius 3 is 2.25 bits per heavy atom. The molecule has 1 spiro atoms. The van der Waals surface area contributed by atoms with E-state index in [1.165, 1.54) is 74.5 Å². The Balaban J connectivity index is 1.35. The Morgan fingerprint density at radius 1 is 0.806 bits per heavy atom. The van der Waals surface area contributed by atoms with Gasteiger partial charge < -0.3 is 0 Å². The van der Waals surface area contributed by atoms with Crippen molar-refractivity contribution in [1.29, 1.82) is 0 Å². The molecule has 0 saturated heterocycles. The van der Waals surface area contributed by atoms with E-state index >= 15 is 0 Å². The molecule has 5 rings (SSSR count). The van der Waals surface area contributed by atoms with E-state index in [2.05, 4.69) is 105 Å². The van der Waals surface area contributed by atoms with Crippen molar-refractivity contribution in [3.8, 4) is 22.4 Å². The number of hydrogen-bond acceptors (Lipinski definition) is 1.